The van der Waals surface area contributed by atoms with E-state index < -0.39 is 17.8 Å². The number of Topliss-reactive ketones (excluding diaryl/α,β-unsaturated/α-hetero) is 1. The maximum atomic E-state index is 13.5. The first-order valence-electron chi connectivity index (χ1n) is 10.9. The molecule has 0 bridgehead atoms. The summed E-state index contributed by atoms with van der Waals surface area (Å²) < 4.78 is 10.5. The van der Waals surface area contributed by atoms with Gasteiger partial charge in [0, 0.05) is 46.5 Å². The zero-order valence-corrected chi connectivity index (χ0v) is 20.0. The largest absolute Gasteiger partial charge is 0.463 e. The third-order valence-electron chi connectivity index (χ3n) is 6.24. The van der Waals surface area contributed by atoms with E-state index in [-0.39, 0.29) is 18.3 Å². The topological polar surface area (TPSA) is 65.0 Å². The first-order chi connectivity index (χ1) is 15.9. The number of carbonyl (C=O) groups is 2. The summed E-state index contributed by atoms with van der Waals surface area (Å²) in [5.74, 6) is -1.54. The Kier molecular flexibility index (Phi) is 7.32. The van der Waals surface area contributed by atoms with E-state index in [2.05, 4.69) is 0 Å². The molecule has 1 heterocycles. The van der Waals surface area contributed by atoms with Crippen LogP contribution in [0.25, 0.3) is 0 Å². The Morgan fingerprint density at radius 3 is 2.18 bits per heavy atom. The molecular formula is C26H25Cl2NO4. The van der Waals surface area contributed by atoms with Gasteiger partial charge in [0.15, 0.2) is 5.78 Å². The number of halogens is 2. The maximum absolute atomic E-state index is 13.5. The Hall–Kier alpha value is -2.47. The summed E-state index contributed by atoms with van der Waals surface area (Å²) >= 11 is 12.1. The summed E-state index contributed by atoms with van der Waals surface area (Å²) in [6, 6.07) is 14.9. The third kappa shape index (κ3) is 5.06. The SMILES string of the molecule is COCCOC(=O)C1C(C)=NC2=C(C(=O)C[C@@H](c3ccc(Cl)cc3)C2)[C@H]1c1ccc(Cl)cc1. The molecule has 1 aliphatic carbocycles. The van der Waals surface area contributed by atoms with Gasteiger partial charge in [-0.25, -0.2) is 0 Å². The predicted molar refractivity (Wildman–Crippen MR) is 129 cm³/mol. The molecule has 0 N–H and O–H groups in total. The van der Waals surface area contributed by atoms with Gasteiger partial charge in [0.1, 0.15) is 12.5 Å². The highest BCUT2D eigenvalue weighted by Crippen LogP contribution is 2.47. The van der Waals surface area contributed by atoms with Gasteiger partial charge in [0.25, 0.3) is 0 Å². The van der Waals surface area contributed by atoms with E-state index in [9.17, 15) is 9.59 Å². The molecule has 0 amide bonds. The van der Waals surface area contributed by atoms with E-state index in [1.54, 1.807) is 19.2 Å². The van der Waals surface area contributed by atoms with Gasteiger partial charge in [-0.15, -0.1) is 0 Å². The lowest BCUT2D eigenvalue weighted by Crippen LogP contribution is -2.38. The minimum Gasteiger partial charge on any atom is -0.463 e. The van der Waals surface area contributed by atoms with Crippen LogP contribution in [0.5, 0.6) is 0 Å². The van der Waals surface area contributed by atoms with E-state index in [1.165, 1.54) is 0 Å². The minimum absolute atomic E-state index is 0.00194. The van der Waals surface area contributed by atoms with E-state index in [4.69, 9.17) is 37.7 Å². The standard InChI is InChI=1S/C26H25Cl2NO4/c1-15-23(26(31)33-12-11-32-2)24(17-5-9-20(28)10-6-17)25-21(29-15)13-18(14-22(25)30)16-3-7-19(27)8-4-16/h3-10,18,23-24H,11-14H2,1-2H3/t18-,23?,24-/m0/s1. The van der Waals surface area contributed by atoms with Crippen LogP contribution >= 0.6 is 23.2 Å². The van der Waals surface area contributed by atoms with Gasteiger partial charge in [-0.2, -0.15) is 0 Å². The van der Waals surface area contributed by atoms with Crippen molar-refractivity contribution < 1.29 is 19.1 Å². The number of ketones is 1. The number of carbonyl (C=O) groups excluding carboxylic acids is 2. The van der Waals surface area contributed by atoms with Crippen LogP contribution in [0.4, 0.5) is 0 Å². The number of aliphatic imine (C=N–C) groups is 1. The number of hydrogen-bond donors (Lipinski definition) is 0. The summed E-state index contributed by atoms with van der Waals surface area (Å²) in [4.78, 5) is 31.4. The highest BCUT2D eigenvalue weighted by atomic mass is 35.5. The number of nitrogens with zero attached hydrogens (tertiary/aromatic N) is 1. The number of esters is 1. The Morgan fingerprint density at radius 1 is 0.970 bits per heavy atom. The molecule has 5 nitrogen and oxygen atoms in total. The predicted octanol–water partition coefficient (Wildman–Crippen LogP) is 5.76. The van der Waals surface area contributed by atoms with Crippen LogP contribution in [0, 0.1) is 5.92 Å². The Balaban J connectivity index is 1.73. The van der Waals surface area contributed by atoms with Crippen molar-refractivity contribution in [2.75, 3.05) is 20.3 Å². The second kappa shape index (κ2) is 10.2. The molecule has 0 aromatic heterocycles. The second-order valence-electron chi connectivity index (χ2n) is 8.36. The van der Waals surface area contributed by atoms with E-state index in [1.807, 2.05) is 43.3 Å². The minimum atomic E-state index is -0.683. The number of benzene rings is 2. The van der Waals surface area contributed by atoms with Crippen LogP contribution < -0.4 is 0 Å². The van der Waals surface area contributed by atoms with Crippen molar-refractivity contribution in [3.63, 3.8) is 0 Å². The molecular weight excluding hydrogens is 461 g/mol. The molecule has 0 saturated carbocycles. The molecule has 7 heteroatoms. The summed E-state index contributed by atoms with van der Waals surface area (Å²) in [6.07, 6.45) is 0.972. The average Bonchev–Trinajstić information content (AvgIpc) is 2.79. The molecule has 172 valence electrons. The van der Waals surface area contributed by atoms with Crippen LogP contribution in [0.2, 0.25) is 10.0 Å². The first-order valence-corrected chi connectivity index (χ1v) is 11.6. The van der Waals surface area contributed by atoms with Crippen molar-refractivity contribution >= 4 is 40.7 Å². The molecule has 2 aromatic carbocycles. The van der Waals surface area contributed by atoms with Crippen LogP contribution in [0.3, 0.4) is 0 Å². The molecule has 0 spiro atoms. The van der Waals surface area contributed by atoms with Crippen molar-refractivity contribution in [3.8, 4) is 0 Å². The Labute approximate surface area is 203 Å². The fraction of sp³-hybridized carbons (Fsp3) is 0.346. The number of allylic oxidation sites excluding steroid dienone is 2. The highest BCUT2D eigenvalue weighted by Gasteiger charge is 2.44. The van der Waals surface area contributed by atoms with E-state index >= 15 is 0 Å². The number of rotatable bonds is 6. The van der Waals surface area contributed by atoms with Gasteiger partial charge in [0.05, 0.1) is 6.61 Å². The van der Waals surface area contributed by atoms with Crippen molar-refractivity contribution in [1.29, 1.82) is 0 Å². The second-order valence-corrected chi connectivity index (χ2v) is 9.23. The molecule has 3 atom stereocenters. The Bertz CT molecular complexity index is 1110. The van der Waals surface area contributed by atoms with Crippen LogP contribution in [0.15, 0.2) is 64.8 Å². The molecule has 1 unspecified atom stereocenters. The molecule has 0 saturated heterocycles. The lowest BCUT2D eigenvalue weighted by atomic mass is 9.69. The van der Waals surface area contributed by atoms with Gasteiger partial charge in [-0.1, -0.05) is 47.5 Å². The number of methoxy groups -OCH3 is 1. The van der Waals surface area contributed by atoms with E-state index in [0.717, 1.165) is 16.8 Å². The van der Waals surface area contributed by atoms with Crippen molar-refractivity contribution in [3.05, 3.63) is 81.0 Å². The first kappa shape index (κ1) is 23.7. The summed E-state index contributed by atoms with van der Waals surface area (Å²) in [6.45, 7) is 2.27. The fourth-order valence-electron chi connectivity index (χ4n) is 4.68. The van der Waals surface area contributed by atoms with Gasteiger partial charge < -0.3 is 9.47 Å². The van der Waals surface area contributed by atoms with Crippen LogP contribution in [-0.4, -0.2) is 37.8 Å². The molecule has 2 aromatic rings. The monoisotopic (exact) mass is 485 g/mol. The lowest BCUT2D eigenvalue weighted by molar-refractivity contribution is -0.147. The number of hydrogen-bond acceptors (Lipinski definition) is 5. The maximum Gasteiger partial charge on any atom is 0.315 e. The van der Waals surface area contributed by atoms with Gasteiger partial charge in [-0.3, -0.25) is 14.6 Å². The molecule has 4 rings (SSSR count). The van der Waals surface area contributed by atoms with Crippen molar-refractivity contribution in [2.45, 2.75) is 31.6 Å². The van der Waals surface area contributed by atoms with Crippen LogP contribution in [-0.2, 0) is 19.1 Å². The zero-order chi connectivity index (χ0) is 23.5. The quantitative estimate of drug-likeness (QED) is 0.385. The fourth-order valence-corrected chi connectivity index (χ4v) is 4.93. The lowest BCUT2D eigenvalue weighted by Gasteiger charge is -2.36. The van der Waals surface area contributed by atoms with Crippen molar-refractivity contribution in [1.82, 2.24) is 0 Å². The third-order valence-corrected chi connectivity index (χ3v) is 6.75. The molecule has 0 radical (unpaired) electrons. The van der Waals surface area contributed by atoms with Crippen LogP contribution in [0.1, 0.15) is 42.7 Å². The smallest absolute Gasteiger partial charge is 0.315 e. The molecule has 0 fully saturated rings. The van der Waals surface area contributed by atoms with Crippen molar-refractivity contribution in [2.24, 2.45) is 10.9 Å². The van der Waals surface area contributed by atoms with Gasteiger partial charge in [0.2, 0.25) is 0 Å². The number of ether oxygens (including phenoxy) is 2. The normalized spacial score (nSPS) is 22.6. The highest BCUT2D eigenvalue weighted by molar-refractivity contribution is 6.30. The Morgan fingerprint density at radius 2 is 1.58 bits per heavy atom. The zero-order valence-electron chi connectivity index (χ0n) is 18.5. The summed E-state index contributed by atoms with van der Waals surface area (Å²) in [5, 5.41) is 1.25. The van der Waals surface area contributed by atoms with E-state index in [0.29, 0.717) is 40.8 Å². The molecule has 1 aliphatic heterocycles. The van der Waals surface area contributed by atoms with Gasteiger partial charge in [-0.05, 0) is 54.7 Å². The molecule has 2 aliphatic rings. The summed E-state index contributed by atoms with van der Waals surface area (Å²) in [5.41, 5.74) is 3.87. The van der Waals surface area contributed by atoms with Gasteiger partial charge >= 0.3 is 5.97 Å². The molecule has 33 heavy (non-hydrogen) atoms. The average molecular weight is 486 g/mol. The summed E-state index contributed by atoms with van der Waals surface area (Å²) in [7, 11) is 1.55.